The molecule has 1 aliphatic rings. The number of carbonyl (C=O) groups is 3. The lowest BCUT2D eigenvalue weighted by Gasteiger charge is -2.26. The average Bonchev–Trinajstić information content (AvgIpc) is 2.61. The Hall–Kier alpha value is -2.77. The molecule has 1 fully saturated rings. The Kier molecular flexibility index (Phi) is 7.87. The Bertz CT molecular complexity index is 712. The first-order valence-corrected chi connectivity index (χ1v) is 10.1. The van der Waals surface area contributed by atoms with Gasteiger partial charge in [-0.1, -0.05) is 6.92 Å². The first kappa shape index (κ1) is 22.5. The van der Waals surface area contributed by atoms with E-state index < -0.39 is 5.60 Å². The molecule has 8 nitrogen and oxygen atoms in total. The van der Waals surface area contributed by atoms with Gasteiger partial charge in [0.25, 0.3) is 0 Å². The maximum Gasteiger partial charge on any atom is 0.407 e. The van der Waals surface area contributed by atoms with Gasteiger partial charge in [-0.15, -0.1) is 0 Å². The molecule has 8 heteroatoms. The molecule has 0 unspecified atom stereocenters. The van der Waals surface area contributed by atoms with Crippen molar-refractivity contribution in [2.75, 3.05) is 29.9 Å². The number of urea groups is 1. The zero-order valence-electron chi connectivity index (χ0n) is 17.7. The van der Waals surface area contributed by atoms with E-state index >= 15 is 0 Å². The minimum absolute atomic E-state index is 0.236. The number of hydrogen-bond donors (Lipinski definition) is 3. The Morgan fingerprint density at radius 3 is 2.45 bits per heavy atom. The lowest BCUT2D eigenvalue weighted by molar-refractivity contribution is -0.120. The number of nitrogens with zero attached hydrogens (tertiary/aromatic N) is 1. The van der Waals surface area contributed by atoms with Crippen molar-refractivity contribution in [3.05, 3.63) is 24.3 Å². The molecular weight excluding hydrogens is 372 g/mol. The number of ether oxygens (including phenoxy) is 1. The monoisotopic (exact) mass is 404 g/mol. The number of amides is 4. The second-order valence-electron chi connectivity index (χ2n) is 8.34. The van der Waals surface area contributed by atoms with Gasteiger partial charge in [0, 0.05) is 37.4 Å². The van der Waals surface area contributed by atoms with Crippen LogP contribution in [-0.4, -0.2) is 43.3 Å². The molecule has 0 spiro atoms. The van der Waals surface area contributed by atoms with E-state index in [9.17, 15) is 14.4 Å². The maximum atomic E-state index is 11.9. The van der Waals surface area contributed by atoms with E-state index in [-0.39, 0.29) is 18.0 Å². The topological polar surface area (TPSA) is 99.8 Å². The predicted octanol–water partition coefficient (Wildman–Crippen LogP) is 3.49. The Labute approximate surface area is 172 Å². The second-order valence-corrected chi connectivity index (χ2v) is 8.34. The van der Waals surface area contributed by atoms with Gasteiger partial charge in [-0.3, -0.25) is 15.0 Å². The van der Waals surface area contributed by atoms with E-state index in [1.54, 1.807) is 4.90 Å². The van der Waals surface area contributed by atoms with Crippen molar-refractivity contribution in [2.24, 2.45) is 5.92 Å². The molecule has 1 aliphatic heterocycles. The van der Waals surface area contributed by atoms with Gasteiger partial charge in [0.05, 0.1) is 0 Å². The summed E-state index contributed by atoms with van der Waals surface area (Å²) in [6.07, 6.45) is 1.78. The molecule has 29 heavy (non-hydrogen) atoms. The lowest BCUT2D eigenvalue weighted by Crippen LogP contribution is -2.49. The molecule has 4 amide bonds. The molecular formula is C21H32N4O4. The van der Waals surface area contributed by atoms with Crippen LogP contribution in [0.25, 0.3) is 0 Å². The summed E-state index contributed by atoms with van der Waals surface area (Å²) in [7, 11) is 0. The summed E-state index contributed by atoms with van der Waals surface area (Å²) in [6, 6.07) is 7.20. The number of rotatable bonds is 8. The molecule has 2 rings (SSSR count). The van der Waals surface area contributed by atoms with Gasteiger partial charge < -0.3 is 15.4 Å². The Balaban J connectivity index is 1.66. The molecule has 160 valence electrons. The van der Waals surface area contributed by atoms with Crippen molar-refractivity contribution in [1.82, 2.24) is 10.6 Å². The maximum absolute atomic E-state index is 11.9. The van der Waals surface area contributed by atoms with Crippen molar-refractivity contribution in [3.63, 3.8) is 0 Å². The van der Waals surface area contributed by atoms with Crippen molar-refractivity contribution in [1.29, 1.82) is 0 Å². The van der Waals surface area contributed by atoms with E-state index in [0.29, 0.717) is 25.4 Å². The Morgan fingerprint density at radius 2 is 1.83 bits per heavy atom. The molecule has 0 aromatic heterocycles. The third-order valence-corrected chi connectivity index (χ3v) is 4.50. The van der Waals surface area contributed by atoms with Crippen LogP contribution in [0.15, 0.2) is 24.3 Å². The van der Waals surface area contributed by atoms with Gasteiger partial charge >= 0.3 is 12.1 Å². The van der Waals surface area contributed by atoms with Crippen LogP contribution >= 0.6 is 0 Å². The number of carbonyl (C=O) groups excluding carboxylic acids is 3. The van der Waals surface area contributed by atoms with Crippen LogP contribution in [-0.2, 0) is 9.53 Å². The summed E-state index contributed by atoms with van der Waals surface area (Å²) in [4.78, 5) is 36.3. The molecule has 0 aliphatic carbocycles. The molecule has 0 bridgehead atoms. The third-order valence-electron chi connectivity index (χ3n) is 4.50. The van der Waals surface area contributed by atoms with Gasteiger partial charge in [0.15, 0.2) is 0 Å². The summed E-state index contributed by atoms with van der Waals surface area (Å²) in [5.41, 5.74) is 1.26. The summed E-state index contributed by atoms with van der Waals surface area (Å²) in [5.74, 6) is 0.214. The molecule has 0 saturated carbocycles. The molecule has 1 saturated heterocycles. The van der Waals surface area contributed by atoms with Crippen LogP contribution in [0.1, 0.15) is 47.0 Å². The van der Waals surface area contributed by atoms with Crippen LogP contribution in [0.2, 0.25) is 0 Å². The highest BCUT2D eigenvalue weighted by Gasteiger charge is 2.23. The number of imide groups is 1. The number of hydrogen-bond acceptors (Lipinski definition) is 5. The van der Waals surface area contributed by atoms with Gasteiger partial charge in [-0.05, 0) is 63.8 Å². The van der Waals surface area contributed by atoms with Crippen molar-refractivity contribution >= 4 is 29.4 Å². The quantitative estimate of drug-likeness (QED) is 0.616. The van der Waals surface area contributed by atoms with Crippen LogP contribution in [0, 0.1) is 5.92 Å². The standard InChI is InChI=1S/C21H32N4O4/c1-15(10-13-23-20(28)29-21(2,3)4)9-12-22-16-5-7-17(8-6-16)25-14-11-18(26)24-19(25)27/h5-8,15,22H,9-14H2,1-4H3,(H,23,28)(H,24,26,27)/t15-/m1/s1. The number of nitrogens with one attached hydrogen (secondary N) is 3. The summed E-state index contributed by atoms with van der Waals surface area (Å²) in [5, 5.41) is 8.47. The van der Waals surface area contributed by atoms with Gasteiger partial charge in [0.2, 0.25) is 5.91 Å². The molecule has 1 heterocycles. The van der Waals surface area contributed by atoms with E-state index in [1.165, 1.54) is 0 Å². The first-order chi connectivity index (χ1) is 13.6. The molecule has 1 aromatic rings. The molecule has 1 aromatic carbocycles. The highest BCUT2D eigenvalue weighted by molar-refractivity contribution is 6.05. The fraction of sp³-hybridized carbons (Fsp3) is 0.571. The fourth-order valence-corrected chi connectivity index (χ4v) is 2.91. The highest BCUT2D eigenvalue weighted by atomic mass is 16.6. The molecule has 0 radical (unpaired) electrons. The summed E-state index contributed by atoms with van der Waals surface area (Å²) >= 11 is 0. The SMILES string of the molecule is C[C@@H](CCNC(=O)OC(C)(C)C)CCNc1ccc(N2CCC(=O)NC2=O)cc1. The summed E-state index contributed by atoms with van der Waals surface area (Å²) in [6.45, 7) is 9.47. The highest BCUT2D eigenvalue weighted by Crippen LogP contribution is 2.20. The minimum atomic E-state index is -0.482. The van der Waals surface area contributed by atoms with Crippen molar-refractivity contribution in [3.8, 4) is 0 Å². The van der Waals surface area contributed by atoms with Crippen LogP contribution in [0.3, 0.4) is 0 Å². The molecule has 1 atom stereocenters. The third kappa shape index (κ3) is 8.01. The van der Waals surface area contributed by atoms with E-state index in [2.05, 4.69) is 22.9 Å². The van der Waals surface area contributed by atoms with Crippen LogP contribution < -0.4 is 20.9 Å². The second kappa shape index (κ2) is 10.1. The predicted molar refractivity (Wildman–Crippen MR) is 113 cm³/mol. The number of alkyl carbamates (subject to hydrolysis) is 1. The average molecular weight is 405 g/mol. The van der Waals surface area contributed by atoms with Crippen LogP contribution in [0.5, 0.6) is 0 Å². The van der Waals surface area contributed by atoms with Gasteiger partial charge in [0.1, 0.15) is 5.60 Å². The first-order valence-electron chi connectivity index (χ1n) is 10.1. The van der Waals surface area contributed by atoms with E-state index in [4.69, 9.17) is 4.74 Å². The summed E-state index contributed by atoms with van der Waals surface area (Å²) < 4.78 is 5.22. The van der Waals surface area contributed by atoms with Crippen LogP contribution in [0.4, 0.5) is 21.0 Å². The lowest BCUT2D eigenvalue weighted by atomic mass is 10.0. The van der Waals surface area contributed by atoms with E-state index in [1.807, 2.05) is 45.0 Å². The number of benzene rings is 1. The van der Waals surface area contributed by atoms with E-state index in [0.717, 1.165) is 30.8 Å². The number of anilines is 2. The minimum Gasteiger partial charge on any atom is -0.444 e. The van der Waals surface area contributed by atoms with Gasteiger partial charge in [-0.2, -0.15) is 0 Å². The smallest absolute Gasteiger partial charge is 0.407 e. The Morgan fingerprint density at radius 1 is 1.17 bits per heavy atom. The zero-order chi connectivity index (χ0) is 21.4. The van der Waals surface area contributed by atoms with Crippen molar-refractivity contribution in [2.45, 2.75) is 52.6 Å². The van der Waals surface area contributed by atoms with Crippen molar-refractivity contribution < 1.29 is 19.1 Å². The fourth-order valence-electron chi connectivity index (χ4n) is 2.91. The zero-order valence-corrected chi connectivity index (χ0v) is 17.7. The largest absolute Gasteiger partial charge is 0.444 e. The molecule has 3 N–H and O–H groups in total. The van der Waals surface area contributed by atoms with Gasteiger partial charge in [-0.25, -0.2) is 9.59 Å². The normalized spacial score (nSPS) is 15.5.